The lowest BCUT2D eigenvalue weighted by atomic mass is 9.92. The highest BCUT2D eigenvalue weighted by Crippen LogP contribution is 2.35. The molecule has 0 bridgehead atoms. The molecule has 0 aliphatic carbocycles. The smallest absolute Gasteiger partial charge is 0.00990 e. The van der Waals surface area contributed by atoms with Crippen LogP contribution in [0, 0.1) is 13.8 Å². The first-order valence-electron chi connectivity index (χ1n) is 12.6. The fourth-order valence-electron chi connectivity index (χ4n) is 5.69. The Morgan fingerprint density at radius 2 is 0.861 bits per heavy atom. The summed E-state index contributed by atoms with van der Waals surface area (Å²) in [6, 6.07) is 44.9. The van der Waals surface area contributed by atoms with Crippen molar-refractivity contribution in [3.63, 3.8) is 0 Å². The minimum Gasteiger partial charge on any atom is -0.0614 e. The van der Waals surface area contributed by atoms with Crippen molar-refractivity contribution in [2.75, 3.05) is 0 Å². The van der Waals surface area contributed by atoms with Gasteiger partial charge in [0.15, 0.2) is 0 Å². The van der Waals surface area contributed by atoms with Crippen LogP contribution in [-0.2, 0) is 0 Å². The van der Waals surface area contributed by atoms with Gasteiger partial charge >= 0.3 is 0 Å². The van der Waals surface area contributed by atoms with Gasteiger partial charge in [-0.05, 0) is 121 Å². The van der Waals surface area contributed by atoms with E-state index in [1.807, 2.05) is 0 Å². The number of fused-ring (bicyclic) bond motifs is 4. The Kier molecular flexibility index (Phi) is 4.69. The maximum atomic E-state index is 2.36. The lowest BCUT2D eigenvalue weighted by molar-refractivity contribution is 1.53. The van der Waals surface area contributed by atoms with E-state index in [9.17, 15) is 0 Å². The van der Waals surface area contributed by atoms with Crippen LogP contribution in [0.15, 0.2) is 121 Å². The van der Waals surface area contributed by atoms with Gasteiger partial charge in [-0.3, -0.25) is 0 Å². The normalized spacial score (nSPS) is 11.6. The molecule has 0 aliphatic rings. The first-order valence-corrected chi connectivity index (χ1v) is 12.6. The van der Waals surface area contributed by atoms with Crippen molar-refractivity contribution < 1.29 is 0 Å². The minimum absolute atomic E-state index is 1.26. The molecule has 0 amide bonds. The predicted molar refractivity (Wildman–Crippen MR) is 157 cm³/mol. The molecular weight excluding hydrogens is 432 g/mol. The topological polar surface area (TPSA) is 0 Å². The van der Waals surface area contributed by atoms with Crippen LogP contribution in [-0.4, -0.2) is 0 Å². The first kappa shape index (κ1) is 20.9. The highest BCUT2D eigenvalue weighted by atomic mass is 14.1. The van der Waals surface area contributed by atoms with Gasteiger partial charge in [-0.2, -0.15) is 0 Å². The second-order valence-corrected chi connectivity index (χ2v) is 9.96. The number of rotatable bonds is 2. The average Bonchev–Trinajstić information content (AvgIpc) is 2.91. The van der Waals surface area contributed by atoms with Gasteiger partial charge in [0.25, 0.3) is 0 Å². The first-order chi connectivity index (χ1) is 17.6. The van der Waals surface area contributed by atoms with Gasteiger partial charge in [0.1, 0.15) is 0 Å². The lowest BCUT2D eigenvalue weighted by Crippen LogP contribution is -1.86. The van der Waals surface area contributed by atoms with Crippen molar-refractivity contribution in [2.45, 2.75) is 13.8 Å². The maximum Gasteiger partial charge on any atom is -0.00990 e. The molecule has 0 atom stereocenters. The molecule has 36 heavy (non-hydrogen) atoms. The zero-order chi connectivity index (χ0) is 24.2. The quantitative estimate of drug-likeness (QED) is 0.226. The fraction of sp³-hybridized carbons (Fsp3) is 0.0556. The Balaban J connectivity index is 1.36. The molecule has 0 nitrogen and oxygen atoms in total. The van der Waals surface area contributed by atoms with Crippen molar-refractivity contribution in [1.29, 1.82) is 0 Å². The number of hydrogen-bond donors (Lipinski definition) is 0. The van der Waals surface area contributed by atoms with E-state index >= 15 is 0 Å². The fourth-order valence-corrected chi connectivity index (χ4v) is 5.69. The molecule has 0 N–H and O–H groups in total. The molecule has 0 heterocycles. The second-order valence-electron chi connectivity index (χ2n) is 9.96. The third kappa shape index (κ3) is 3.38. The predicted octanol–water partition coefficient (Wildman–Crippen LogP) is 10.3. The standard InChI is InChI=1S/C36H26/c1-23-6-3-8-28-18-26(14-16-33(23)28)25-12-13-27-22-36-30(21-32(27)19-25)10-5-11-35(36)31-15-17-34-24(2)7-4-9-29(34)20-31/h3-22H,1-2H3. The van der Waals surface area contributed by atoms with E-state index in [4.69, 9.17) is 0 Å². The molecule has 0 spiro atoms. The summed E-state index contributed by atoms with van der Waals surface area (Å²) in [5.74, 6) is 0. The van der Waals surface area contributed by atoms with Crippen molar-refractivity contribution in [1.82, 2.24) is 0 Å². The molecule has 0 radical (unpaired) electrons. The van der Waals surface area contributed by atoms with Gasteiger partial charge in [0.05, 0.1) is 0 Å². The van der Waals surface area contributed by atoms with Gasteiger partial charge in [0.2, 0.25) is 0 Å². The lowest BCUT2D eigenvalue weighted by Gasteiger charge is -2.12. The zero-order valence-corrected chi connectivity index (χ0v) is 20.5. The molecule has 0 saturated carbocycles. The number of hydrogen-bond acceptors (Lipinski definition) is 0. The summed E-state index contributed by atoms with van der Waals surface area (Å²) in [5.41, 5.74) is 7.70. The summed E-state index contributed by atoms with van der Waals surface area (Å²) >= 11 is 0. The van der Waals surface area contributed by atoms with Crippen molar-refractivity contribution in [2.24, 2.45) is 0 Å². The molecule has 7 rings (SSSR count). The van der Waals surface area contributed by atoms with E-state index < -0.39 is 0 Å². The summed E-state index contributed by atoms with van der Waals surface area (Å²) in [6.07, 6.45) is 0. The van der Waals surface area contributed by atoms with Gasteiger partial charge in [-0.25, -0.2) is 0 Å². The Morgan fingerprint density at radius 1 is 0.333 bits per heavy atom. The molecule has 170 valence electrons. The summed E-state index contributed by atoms with van der Waals surface area (Å²) < 4.78 is 0. The van der Waals surface area contributed by atoms with Gasteiger partial charge in [-0.1, -0.05) is 91.0 Å². The van der Waals surface area contributed by atoms with E-state index in [2.05, 4.69) is 135 Å². The van der Waals surface area contributed by atoms with Crippen LogP contribution in [0.1, 0.15) is 11.1 Å². The van der Waals surface area contributed by atoms with Crippen molar-refractivity contribution in [3.8, 4) is 22.3 Å². The van der Waals surface area contributed by atoms with Gasteiger partial charge in [-0.15, -0.1) is 0 Å². The minimum atomic E-state index is 1.26. The molecule has 7 aromatic rings. The second kappa shape index (κ2) is 8.07. The molecule has 0 aromatic heterocycles. The van der Waals surface area contributed by atoms with Crippen molar-refractivity contribution in [3.05, 3.63) is 132 Å². The average molecular weight is 459 g/mol. The van der Waals surface area contributed by atoms with Crippen LogP contribution in [0.5, 0.6) is 0 Å². The Morgan fingerprint density at radius 3 is 1.56 bits per heavy atom. The van der Waals surface area contributed by atoms with Gasteiger partial charge in [0, 0.05) is 0 Å². The summed E-state index contributed by atoms with van der Waals surface area (Å²) in [4.78, 5) is 0. The monoisotopic (exact) mass is 458 g/mol. The maximum absolute atomic E-state index is 2.36. The van der Waals surface area contributed by atoms with Crippen LogP contribution in [0.3, 0.4) is 0 Å². The van der Waals surface area contributed by atoms with E-state index in [0.717, 1.165) is 0 Å². The SMILES string of the molecule is Cc1cccc2cc(-c3ccc4cc5c(-c6ccc7c(C)cccc7c6)cccc5cc4c3)ccc12. The molecule has 0 unspecified atom stereocenters. The molecule has 0 fully saturated rings. The van der Waals surface area contributed by atoms with E-state index in [0.29, 0.717) is 0 Å². The summed E-state index contributed by atoms with van der Waals surface area (Å²) in [5, 5.41) is 10.3. The largest absolute Gasteiger partial charge is 0.0614 e. The van der Waals surface area contributed by atoms with Gasteiger partial charge < -0.3 is 0 Å². The van der Waals surface area contributed by atoms with Crippen LogP contribution < -0.4 is 0 Å². The van der Waals surface area contributed by atoms with E-state index in [1.54, 1.807) is 0 Å². The third-order valence-electron chi connectivity index (χ3n) is 7.68. The van der Waals surface area contributed by atoms with Crippen molar-refractivity contribution >= 4 is 43.1 Å². The molecule has 0 aliphatic heterocycles. The van der Waals surface area contributed by atoms with E-state index in [-0.39, 0.29) is 0 Å². The van der Waals surface area contributed by atoms with E-state index in [1.165, 1.54) is 76.5 Å². The Labute approximate surface area is 211 Å². The molecule has 0 saturated heterocycles. The van der Waals surface area contributed by atoms with Crippen LogP contribution in [0.2, 0.25) is 0 Å². The molecule has 0 heteroatoms. The van der Waals surface area contributed by atoms with Crippen LogP contribution in [0.4, 0.5) is 0 Å². The summed E-state index contributed by atoms with van der Waals surface area (Å²) in [7, 11) is 0. The third-order valence-corrected chi connectivity index (χ3v) is 7.68. The molecular formula is C36H26. The number of aryl methyl sites for hydroxylation is 2. The highest BCUT2D eigenvalue weighted by molar-refractivity contribution is 6.06. The van der Waals surface area contributed by atoms with Crippen LogP contribution >= 0.6 is 0 Å². The zero-order valence-electron chi connectivity index (χ0n) is 20.5. The molecule has 7 aromatic carbocycles. The summed E-state index contributed by atoms with van der Waals surface area (Å²) in [6.45, 7) is 4.36. The van der Waals surface area contributed by atoms with Crippen LogP contribution in [0.25, 0.3) is 65.3 Å². The Hall–Kier alpha value is -4.42. The highest BCUT2D eigenvalue weighted by Gasteiger charge is 2.09. The Bertz CT molecular complexity index is 1960. The number of benzene rings is 7.